The maximum absolute atomic E-state index is 5.67. The molecule has 1 aromatic carbocycles. The molecule has 0 radical (unpaired) electrons. The van der Waals surface area contributed by atoms with Gasteiger partial charge in [0.2, 0.25) is 0 Å². The summed E-state index contributed by atoms with van der Waals surface area (Å²) in [5.41, 5.74) is 7.76. The van der Waals surface area contributed by atoms with Gasteiger partial charge in [0.25, 0.3) is 0 Å². The van der Waals surface area contributed by atoms with Gasteiger partial charge in [0.15, 0.2) is 0 Å². The van der Waals surface area contributed by atoms with Gasteiger partial charge in [0, 0.05) is 28.8 Å². The van der Waals surface area contributed by atoms with E-state index in [1.54, 1.807) is 0 Å². The Kier molecular flexibility index (Phi) is 6.75. The van der Waals surface area contributed by atoms with E-state index >= 15 is 0 Å². The molecule has 0 spiro atoms. The Morgan fingerprint density at radius 1 is 1.32 bits per heavy atom. The molecule has 0 aliphatic carbocycles. The standard InChI is InChI=1S/C14H22BrN3S/c1-4-18(9-5-8-17(2)3)11-6-7-12(14(16)19)13(15)10-11/h6-7,10H,4-5,8-9H2,1-3H3,(H2,16,19). The van der Waals surface area contributed by atoms with Crippen LogP contribution in [0.15, 0.2) is 22.7 Å². The molecule has 0 aromatic heterocycles. The molecule has 1 rings (SSSR count). The Hall–Kier alpha value is -0.650. The van der Waals surface area contributed by atoms with Crippen molar-refractivity contribution in [3.63, 3.8) is 0 Å². The Balaban J connectivity index is 2.76. The molecule has 3 nitrogen and oxygen atoms in total. The van der Waals surface area contributed by atoms with Crippen LogP contribution in [-0.4, -0.2) is 43.6 Å². The third kappa shape index (κ3) is 5.09. The summed E-state index contributed by atoms with van der Waals surface area (Å²) in [6, 6.07) is 6.16. The number of nitrogens with two attached hydrogens (primary N) is 1. The van der Waals surface area contributed by atoms with Gasteiger partial charge in [0.05, 0.1) is 0 Å². The van der Waals surface area contributed by atoms with Crippen molar-refractivity contribution in [1.29, 1.82) is 0 Å². The van der Waals surface area contributed by atoms with Gasteiger partial charge in [-0.15, -0.1) is 0 Å². The van der Waals surface area contributed by atoms with Crippen LogP contribution in [-0.2, 0) is 0 Å². The number of anilines is 1. The molecule has 0 unspecified atom stereocenters. The minimum atomic E-state index is 0.425. The van der Waals surface area contributed by atoms with Crippen LogP contribution < -0.4 is 10.6 Å². The molecule has 106 valence electrons. The number of nitrogens with zero attached hydrogens (tertiary/aromatic N) is 2. The summed E-state index contributed by atoms with van der Waals surface area (Å²) in [7, 11) is 4.20. The second kappa shape index (κ2) is 7.82. The first kappa shape index (κ1) is 16.4. The van der Waals surface area contributed by atoms with Crippen LogP contribution >= 0.6 is 28.1 Å². The van der Waals surface area contributed by atoms with Crippen molar-refractivity contribution in [1.82, 2.24) is 4.90 Å². The van der Waals surface area contributed by atoms with E-state index in [0.717, 1.165) is 36.1 Å². The highest BCUT2D eigenvalue weighted by atomic mass is 79.9. The molecule has 0 saturated carbocycles. The first-order chi connectivity index (χ1) is 8.95. The van der Waals surface area contributed by atoms with E-state index in [1.165, 1.54) is 5.69 Å². The molecular formula is C14H22BrN3S. The smallest absolute Gasteiger partial charge is 0.105 e. The number of thiocarbonyl (C=S) groups is 1. The molecule has 0 aliphatic rings. The van der Waals surface area contributed by atoms with E-state index in [1.807, 2.05) is 6.07 Å². The van der Waals surface area contributed by atoms with Gasteiger partial charge in [-0.25, -0.2) is 0 Å². The van der Waals surface area contributed by atoms with Crippen LogP contribution in [0.25, 0.3) is 0 Å². The van der Waals surface area contributed by atoms with E-state index in [2.05, 4.69) is 58.9 Å². The molecule has 19 heavy (non-hydrogen) atoms. The summed E-state index contributed by atoms with van der Waals surface area (Å²) in [5.74, 6) is 0. The van der Waals surface area contributed by atoms with E-state index < -0.39 is 0 Å². The largest absolute Gasteiger partial charge is 0.389 e. The van der Waals surface area contributed by atoms with Gasteiger partial charge < -0.3 is 15.5 Å². The van der Waals surface area contributed by atoms with Gasteiger partial charge in [-0.1, -0.05) is 12.2 Å². The average Bonchev–Trinajstić information content (AvgIpc) is 2.33. The number of hydrogen-bond donors (Lipinski definition) is 1. The minimum absolute atomic E-state index is 0.425. The number of hydrogen-bond acceptors (Lipinski definition) is 3. The van der Waals surface area contributed by atoms with Gasteiger partial charge in [-0.3, -0.25) is 0 Å². The second-order valence-corrected chi connectivity index (χ2v) is 6.06. The average molecular weight is 344 g/mol. The summed E-state index contributed by atoms with van der Waals surface area (Å²) >= 11 is 8.55. The van der Waals surface area contributed by atoms with E-state index in [4.69, 9.17) is 18.0 Å². The fraction of sp³-hybridized carbons (Fsp3) is 0.500. The molecule has 0 heterocycles. The second-order valence-electron chi connectivity index (χ2n) is 4.76. The highest BCUT2D eigenvalue weighted by molar-refractivity contribution is 9.10. The summed E-state index contributed by atoms with van der Waals surface area (Å²) in [6.45, 7) is 5.31. The first-order valence-electron chi connectivity index (χ1n) is 6.44. The van der Waals surface area contributed by atoms with Crippen molar-refractivity contribution >= 4 is 38.8 Å². The van der Waals surface area contributed by atoms with Crippen molar-refractivity contribution in [2.45, 2.75) is 13.3 Å². The zero-order valence-corrected chi connectivity index (χ0v) is 14.2. The normalized spacial score (nSPS) is 10.8. The van der Waals surface area contributed by atoms with E-state index in [-0.39, 0.29) is 0 Å². The zero-order valence-electron chi connectivity index (χ0n) is 11.8. The van der Waals surface area contributed by atoms with Crippen LogP contribution in [0.5, 0.6) is 0 Å². The third-order valence-corrected chi connectivity index (χ3v) is 3.87. The fourth-order valence-corrected chi connectivity index (χ4v) is 2.84. The number of rotatable bonds is 7. The molecule has 2 N–H and O–H groups in total. The first-order valence-corrected chi connectivity index (χ1v) is 7.64. The molecule has 0 amide bonds. The SMILES string of the molecule is CCN(CCCN(C)C)c1ccc(C(N)=S)c(Br)c1. The van der Waals surface area contributed by atoms with Crippen LogP contribution in [0.2, 0.25) is 0 Å². The molecule has 0 aliphatic heterocycles. The lowest BCUT2D eigenvalue weighted by molar-refractivity contribution is 0.400. The van der Waals surface area contributed by atoms with Gasteiger partial charge in [-0.2, -0.15) is 0 Å². The Morgan fingerprint density at radius 3 is 2.47 bits per heavy atom. The lowest BCUT2D eigenvalue weighted by Gasteiger charge is -2.24. The van der Waals surface area contributed by atoms with Crippen molar-refractivity contribution in [2.24, 2.45) is 5.73 Å². The van der Waals surface area contributed by atoms with E-state index in [9.17, 15) is 0 Å². The van der Waals surface area contributed by atoms with Gasteiger partial charge >= 0.3 is 0 Å². The quantitative estimate of drug-likeness (QED) is 0.771. The molecule has 0 bridgehead atoms. The highest BCUT2D eigenvalue weighted by Crippen LogP contribution is 2.24. The maximum atomic E-state index is 5.67. The predicted octanol–water partition coefficient (Wildman–Crippen LogP) is 2.86. The Labute approximate surface area is 129 Å². The lowest BCUT2D eigenvalue weighted by atomic mass is 10.2. The maximum Gasteiger partial charge on any atom is 0.105 e. The summed E-state index contributed by atoms with van der Waals surface area (Å²) in [5, 5.41) is 0. The van der Waals surface area contributed by atoms with Gasteiger partial charge in [0.1, 0.15) is 4.99 Å². The zero-order chi connectivity index (χ0) is 14.4. The Bertz CT molecular complexity index is 435. The monoisotopic (exact) mass is 343 g/mol. The molecule has 0 atom stereocenters. The summed E-state index contributed by atoms with van der Waals surface area (Å²) < 4.78 is 0.962. The number of benzene rings is 1. The van der Waals surface area contributed by atoms with Crippen molar-refractivity contribution in [3.05, 3.63) is 28.2 Å². The highest BCUT2D eigenvalue weighted by Gasteiger charge is 2.08. The lowest BCUT2D eigenvalue weighted by Crippen LogP contribution is -2.27. The fourth-order valence-electron chi connectivity index (χ4n) is 1.95. The molecule has 5 heteroatoms. The topological polar surface area (TPSA) is 32.5 Å². The Morgan fingerprint density at radius 2 is 2.00 bits per heavy atom. The van der Waals surface area contributed by atoms with Crippen LogP contribution in [0.4, 0.5) is 5.69 Å². The summed E-state index contributed by atoms with van der Waals surface area (Å²) in [6.07, 6.45) is 1.15. The molecule has 0 fully saturated rings. The van der Waals surface area contributed by atoms with Crippen LogP contribution in [0.1, 0.15) is 18.9 Å². The van der Waals surface area contributed by atoms with Crippen LogP contribution in [0.3, 0.4) is 0 Å². The van der Waals surface area contributed by atoms with Gasteiger partial charge in [-0.05, 0) is 68.1 Å². The molecule has 0 saturated heterocycles. The third-order valence-electron chi connectivity index (χ3n) is 3.00. The molecular weight excluding hydrogens is 322 g/mol. The predicted molar refractivity (Wildman–Crippen MR) is 91.1 cm³/mol. The van der Waals surface area contributed by atoms with Crippen LogP contribution in [0, 0.1) is 0 Å². The van der Waals surface area contributed by atoms with Crippen molar-refractivity contribution < 1.29 is 0 Å². The van der Waals surface area contributed by atoms with Crippen molar-refractivity contribution in [2.75, 3.05) is 38.6 Å². The van der Waals surface area contributed by atoms with E-state index in [0.29, 0.717) is 4.99 Å². The van der Waals surface area contributed by atoms with Crippen molar-refractivity contribution in [3.8, 4) is 0 Å². The number of halogens is 1. The minimum Gasteiger partial charge on any atom is -0.389 e. The molecule has 1 aromatic rings. The summed E-state index contributed by atoms with van der Waals surface area (Å²) in [4.78, 5) is 4.99.